The van der Waals surface area contributed by atoms with Crippen LogP contribution in [0.25, 0.3) is 0 Å². The molecule has 0 spiro atoms. The van der Waals surface area contributed by atoms with Crippen LogP contribution in [0.5, 0.6) is 5.75 Å². The number of nitrogens with one attached hydrogen (secondary N) is 1. The van der Waals surface area contributed by atoms with Gasteiger partial charge in [0.15, 0.2) is 0 Å². The van der Waals surface area contributed by atoms with E-state index >= 15 is 0 Å². The monoisotopic (exact) mass is 427 g/mol. The van der Waals surface area contributed by atoms with Crippen LogP contribution in [0.4, 0.5) is 0 Å². The normalized spacial score (nSPS) is 15.9. The number of aromatic nitrogens is 4. The van der Waals surface area contributed by atoms with Crippen LogP contribution in [0.15, 0.2) is 47.4 Å². The first-order chi connectivity index (χ1) is 14.5. The fourth-order valence-electron chi connectivity index (χ4n) is 3.59. The Labute approximate surface area is 178 Å². The largest absolute Gasteiger partial charge is 0.497 e. The van der Waals surface area contributed by atoms with Crippen molar-refractivity contribution in [2.45, 2.75) is 38.4 Å². The minimum absolute atomic E-state index is 0.0529. The van der Waals surface area contributed by atoms with Gasteiger partial charge in [-0.3, -0.25) is 9.36 Å². The lowest BCUT2D eigenvalue weighted by Crippen LogP contribution is -2.36. The van der Waals surface area contributed by atoms with Crippen molar-refractivity contribution in [3.63, 3.8) is 0 Å². The number of ether oxygens (including phenoxy) is 1. The Morgan fingerprint density at radius 1 is 1.30 bits per heavy atom. The lowest BCUT2D eigenvalue weighted by Gasteiger charge is -2.15. The van der Waals surface area contributed by atoms with Crippen LogP contribution in [-0.4, -0.2) is 38.4 Å². The van der Waals surface area contributed by atoms with E-state index in [2.05, 4.69) is 15.4 Å². The summed E-state index contributed by atoms with van der Waals surface area (Å²) < 4.78 is 8.43. The number of fused-ring (bicyclic) bond motifs is 1. The molecule has 0 bridgehead atoms. The average Bonchev–Trinajstić information content (AvgIpc) is 2.91. The summed E-state index contributed by atoms with van der Waals surface area (Å²) in [5, 5.41) is 8.01. The first-order valence-electron chi connectivity index (χ1n) is 9.75. The minimum Gasteiger partial charge on any atom is -0.497 e. The third-order valence-electron chi connectivity index (χ3n) is 5.18. The Bertz CT molecular complexity index is 1110. The zero-order chi connectivity index (χ0) is 21.1. The summed E-state index contributed by atoms with van der Waals surface area (Å²) in [5.74, 6) is 1.24. The molecule has 1 atom stereocenters. The number of carbonyl (C=O) groups is 1. The molecule has 3 aromatic rings. The van der Waals surface area contributed by atoms with Crippen molar-refractivity contribution in [2.24, 2.45) is 0 Å². The predicted octanol–water partition coefficient (Wildman–Crippen LogP) is 2.29. The molecule has 3 heterocycles. The summed E-state index contributed by atoms with van der Waals surface area (Å²) in [7, 11) is 1.61. The van der Waals surface area contributed by atoms with Gasteiger partial charge in [-0.05, 0) is 42.7 Å². The van der Waals surface area contributed by atoms with Gasteiger partial charge >= 0.3 is 5.69 Å². The molecule has 0 saturated carbocycles. The lowest BCUT2D eigenvalue weighted by molar-refractivity contribution is 0.0928. The van der Waals surface area contributed by atoms with Crippen molar-refractivity contribution in [1.29, 1.82) is 0 Å². The molecule has 1 aromatic carbocycles. The van der Waals surface area contributed by atoms with Crippen molar-refractivity contribution < 1.29 is 9.53 Å². The van der Waals surface area contributed by atoms with Crippen LogP contribution in [-0.2, 0) is 19.5 Å². The van der Waals surface area contributed by atoms with Gasteiger partial charge in [0, 0.05) is 25.2 Å². The third kappa shape index (κ3) is 4.38. The van der Waals surface area contributed by atoms with Crippen molar-refractivity contribution in [3.8, 4) is 5.75 Å². The standard InChI is InChI=1S/C21H22ClN5O3/c1-30-17-4-2-3-14(11-17)13-27-21(29)26-10-9-16(6-8-19(26)25-27)24-20(28)18-7-5-15(22)12-23-18/h2-5,7,11-12,16H,6,8-10,13H2,1H3,(H,24,28). The molecule has 9 heteroatoms. The zero-order valence-corrected chi connectivity index (χ0v) is 17.3. The molecule has 0 saturated heterocycles. The van der Waals surface area contributed by atoms with Crippen LogP contribution < -0.4 is 15.7 Å². The number of amides is 1. The Morgan fingerprint density at radius 3 is 2.93 bits per heavy atom. The van der Waals surface area contributed by atoms with Crippen molar-refractivity contribution >= 4 is 17.5 Å². The smallest absolute Gasteiger partial charge is 0.346 e. The Balaban J connectivity index is 1.42. The molecule has 0 aliphatic carbocycles. The van der Waals surface area contributed by atoms with Gasteiger partial charge in [0.2, 0.25) is 0 Å². The molecular weight excluding hydrogens is 406 g/mol. The maximum atomic E-state index is 12.8. The molecule has 1 N–H and O–H groups in total. The highest BCUT2D eigenvalue weighted by Gasteiger charge is 2.23. The number of hydrogen-bond donors (Lipinski definition) is 1. The summed E-state index contributed by atoms with van der Waals surface area (Å²) in [6.45, 7) is 0.893. The lowest BCUT2D eigenvalue weighted by atomic mass is 10.1. The molecule has 1 aliphatic heterocycles. The van der Waals surface area contributed by atoms with E-state index < -0.39 is 0 Å². The molecule has 2 aromatic heterocycles. The quantitative estimate of drug-likeness (QED) is 0.674. The maximum absolute atomic E-state index is 12.8. The number of carbonyl (C=O) groups excluding carboxylic acids is 1. The minimum atomic E-state index is -0.244. The van der Waals surface area contributed by atoms with Crippen LogP contribution in [0.3, 0.4) is 0 Å². The Kier molecular flexibility index (Phi) is 5.85. The van der Waals surface area contributed by atoms with Crippen LogP contribution in [0, 0.1) is 0 Å². The molecular formula is C21H22ClN5O3. The van der Waals surface area contributed by atoms with Crippen molar-refractivity contribution in [3.05, 3.63) is 75.2 Å². The van der Waals surface area contributed by atoms with E-state index in [0.717, 1.165) is 17.1 Å². The van der Waals surface area contributed by atoms with E-state index in [1.54, 1.807) is 23.8 Å². The predicted molar refractivity (Wildman–Crippen MR) is 112 cm³/mol. The van der Waals surface area contributed by atoms with Crippen LogP contribution in [0.2, 0.25) is 5.02 Å². The van der Waals surface area contributed by atoms with Gasteiger partial charge in [0.25, 0.3) is 5.91 Å². The van der Waals surface area contributed by atoms with E-state index in [0.29, 0.717) is 43.1 Å². The SMILES string of the molecule is COc1cccc(Cn2nc3n(c2=O)CCC(NC(=O)c2ccc(Cl)cn2)CC3)c1. The molecule has 8 nitrogen and oxygen atoms in total. The summed E-state index contributed by atoms with van der Waals surface area (Å²) in [6.07, 6.45) is 3.41. The van der Waals surface area contributed by atoms with Crippen molar-refractivity contribution in [1.82, 2.24) is 24.6 Å². The average molecular weight is 428 g/mol. The van der Waals surface area contributed by atoms with Gasteiger partial charge in [-0.25, -0.2) is 14.5 Å². The Hall–Kier alpha value is -3.13. The molecule has 156 valence electrons. The first-order valence-corrected chi connectivity index (χ1v) is 10.1. The molecule has 1 amide bonds. The van der Waals surface area contributed by atoms with Crippen LogP contribution in [0.1, 0.15) is 34.7 Å². The second-order valence-electron chi connectivity index (χ2n) is 7.22. The number of nitrogens with zero attached hydrogens (tertiary/aromatic N) is 4. The highest BCUT2D eigenvalue weighted by molar-refractivity contribution is 6.30. The molecule has 4 rings (SSSR count). The third-order valence-corrected chi connectivity index (χ3v) is 5.40. The van der Waals surface area contributed by atoms with Gasteiger partial charge in [-0.1, -0.05) is 23.7 Å². The summed E-state index contributed by atoms with van der Waals surface area (Å²) in [6, 6.07) is 10.8. The molecule has 0 fully saturated rings. The second kappa shape index (κ2) is 8.71. The molecule has 1 unspecified atom stereocenters. The van der Waals surface area contributed by atoms with E-state index in [9.17, 15) is 9.59 Å². The topological polar surface area (TPSA) is 91.0 Å². The van der Waals surface area contributed by atoms with E-state index in [-0.39, 0.29) is 17.6 Å². The number of rotatable bonds is 5. The summed E-state index contributed by atoms with van der Waals surface area (Å²) in [5.41, 5.74) is 1.13. The number of hydrogen-bond acceptors (Lipinski definition) is 5. The summed E-state index contributed by atoms with van der Waals surface area (Å²) in [4.78, 5) is 29.3. The fourth-order valence-corrected chi connectivity index (χ4v) is 3.70. The Morgan fingerprint density at radius 2 is 2.17 bits per heavy atom. The van der Waals surface area contributed by atoms with Crippen LogP contribution >= 0.6 is 11.6 Å². The van der Waals surface area contributed by atoms with Crippen molar-refractivity contribution in [2.75, 3.05) is 7.11 Å². The highest BCUT2D eigenvalue weighted by Crippen LogP contribution is 2.15. The van der Waals surface area contributed by atoms with Gasteiger partial charge < -0.3 is 10.1 Å². The highest BCUT2D eigenvalue weighted by atomic mass is 35.5. The van der Waals surface area contributed by atoms with Gasteiger partial charge in [0.1, 0.15) is 17.3 Å². The van der Waals surface area contributed by atoms with E-state index in [1.165, 1.54) is 10.9 Å². The van der Waals surface area contributed by atoms with E-state index in [1.807, 2.05) is 24.3 Å². The maximum Gasteiger partial charge on any atom is 0.346 e. The fraction of sp³-hybridized carbons (Fsp3) is 0.333. The number of benzene rings is 1. The van der Waals surface area contributed by atoms with Gasteiger partial charge in [0.05, 0.1) is 18.7 Å². The van der Waals surface area contributed by atoms with E-state index in [4.69, 9.17) is 16.3 Å². The molecule has 0 radical (unpaired) electrons. The molecule has 1 aliphatic rings. The van der Waals surface area contributed by atoms with Gasteiger partial charge in [-0.2, -0.15) is 5.10 Å². The number of aryl methyl sites for hydroxylation is 1. The van der Waals surface area contributed by atoms with Gasteiger partial charge in [-0.15, -0.1) is 0 Å². The second-order valence-corrected chi connectivity index (χ2v) is 7.66. The first kappa shape index (κ1) is 20.2. The number of pyridine rings is 1. The zero-order valence-electron chi connectivity index (χ0n) is 16.5. The number of methoxy groups -OCH3 is 1. The number of halogens is 1. The molecule has 30 heavy (non-hydrogen) atoms. The summed E-state index contributed by atoms with van der Waals surface area (Å²) >= 11 is 5.82.